The lowest BCUT2D eigenvalue weighted by molar-refractivity contribution is -0.301. The number of rotatable bonds is 3. The summed E-state index contributed by atoms with van der Waals surface area (Å²) < 4.78 is 31.0. The Bertz CT molecular complexity index is 647. The van der Waals surface area contributed by atoms with Gasteiger partial charge in [0.25, 0.3) is 0 Å². The molecular weight excluding hydrogens is 252 g/mol. The van der Waals surface area contributed by atoms with Crippen LogP contribution in [0.2, 0.25) is 0 Å². The summed E-state index contributed by atoms with van der Waals surface area (Å²) in [4.78, 5) is 10.2. The van der Waals surface area contributed by atoms with Gasteiger partial charge in [-0.25, -0.2) is 8.42 Å². The molecule has 0 aliphatic rings. The molecular formula is C8H5N2O4S2-. The summed E-state index contributed by atoms with van der Waals surface area (Å²) in [5, 5.41) is 10.3. The molecule has 1 aromatic carbocycles. The average Bonchev–Trinajstić information content (AvgIpc) is 2.62. The fraction of sp³-hybridized carbons (Fsp3) is 0.125. The van der Waals surface area contributed by atoms with Crippen LogP contribution in [-0.2, 0) is 14.6 Å². The number of nitrogens with zero attached hydrogens (tertiary/aromatic N) is 2. The van der Waals surface area contributed by atoms with Crippen molar-refractivity contribution in [3.63, 3.8) is 0 Å². The number of benzene rings is 1. The Hall–Kier alpha value is -1.54. The smallest absolute Gasteiger partial charge is 0.185 e. The summed E-state index contributed by atoms with van der Waals surface area (Å²) >= 11 is 0.875. The fourth-order valence-corrected chi connectivity index (χ4v) is 3.07. The number of carbonyl (C=O) groups excluding carboxylic acids is 1. The quantitative estimate of drug-likeness (QED) is 0.714. The number of carboxylic acid groups (broad SMARTS) is 1. The topological polar surface area (TPSA) is 100 Å². The summed E-state index contributed by atoms with van der Waals surface area (Å²) in [7, 11) is -3.91. The van der Waals surface area contributed by atoms with E-state index in [0.717, 1.165) is 11.7 Å². The highest BCUT2D eigenvalue weighted by molar-refractivity contribution is 7.92. The lowest BCUT2D eigenvalue weighted by Crippen LogP contribution is -2.30. The van der Waals surface area contributed by atoms with Crippen molar-refractivity contribution in [2.45, 2.75) is 4.90 Å². The van der Waals surface area contributed by atoms with E-state index in [1.54, 1.807) is 6.07 Å². The minimum atomic E-state index is -3.91. The number of aromatic nitrogens is 2. The molecule has 1 aromatic heterocycles. The van der Waals surface area contributed by atoms with Gasteiger partial charge in [0, 0.05) is 0 Å². The highest BCUT2D eigenvalue weighted by atomic mass is 32.2. The van der Waals surface area contributed by atoms with E-state index in [4.69, 9.17) is 0 Å². The molecule has 0 bridgehead atoms. The molecule has 0 spiro atoms. The minimum Gasteiger partial charge on any atom is -0.549 e. The third-order valence-electron chi connectivity index (χ3n) is 1.89. The number of sulfone groups is 1. The molecule has 0 aliphatic carbocycles. The first-order valence-corrected chi connectivity index (χ1v) is 6.53. The minimum absolute atomic E-state index is 0.122. The molecule has 8 heteroatoms. The highest BCUT2D eigenvalue weighted by Crippen LogP contribution is 2.21. The van der Waals surface area contributed by atoms with Crippen LogP contribution in [0.5, 0.6) is 0 Å². The first-order valence-electron chi connectivity index (χ1n) is 4.14. The number of fused-ring (bicyclic) bond motifs is 1. The molecule has 0 unspecified atom stereocenters. The SMILES string of the molecule is O=C([O-])CS(=O)(=O)c1cccc2nsnc12. The van der Waals surface area contributed by atoms with Crippen molar-refractivity contribution in [3.8, 4) is 0 Å². The number of carboxylic acids is 1. The molecule has 0 N–H and O–H groups in total. The number of carbonyl (C=O) groups is 1. The second-order valence-corrected chi connectivity index (χ2v) is 5.51. The van der Waals surface area contributed by atoms with Crippen molar-refractivity contribution in [1.29, 1.82) is 0 Å². The van der Waals surface area contributed by atoms with E-state index >= 15 is 0 Å². The van der Waals surface area contributed by atoms with Crippen molar-refractivity contribution in [1.82, 2.24) is 8.75 Å². The van der Waals surface area contributed by atoms with E-state index in [1.807, 2.05) is 0 Å². The van der Waals surface area contributed by atoms with Gasteiger partial charge in [-0.15, -0.1) is 0 Å². The average molecular weight is 257 g/mol. The Labute approximate surface area is 94.8 Å². The molecule has 0 aliphatic heterocycles. The summed E-state index contributed by atoms with van der Waals surface area (Å²) in [6.07, 6.45) is 0. The Morgan fingerprint density at radius 2 is 2.12 bits per heavy atom. The van der Waals surface area contributed by atoms with Gasteiger partial charge in [-0.05, 0) is 12.1 Å². The molecule has 0 amide bonds. The lowest BCUT2D eigenvalue weighted by atomic mass is 10.3. The van der Waals surface area contributed by atoms with E-state index in [1.165, 1.54) is 12.1 Å². The molecule has 1 heterocycles. The van der Waals surface area contributed by atoms with Gasteiger partial charge in [0.05, 0.1) is 28.3 Å². The van der Waals surface area contributed by atoms with E-state index in [0.29, 0.717) is 5.52 Å². The number of hydrogen-bond acceptors (Lipinski definition) is 7. The van der Waals surface area contributed by atoms with Gasteiger partial charge >= 0.3 is 0 Å². The molecule has 0 atom stereocenters. The van der Waals surface area contributed by atoms with E-state index in [-0.39, 0.29) is 10.4 Å². The van der Waals surface area contributed by atoms with Crippen LogP contribution >= 0.6 is 11.7 Å². The molecule has 0 saturated carbocycles. The van der Waals surface area contributed by atoms with Crippen LogP contribution in [0.3, 0.4) is 0 Å². The summed E-state index contributed by atoms with van der Waals surface area (Å²) in [6.45, 7) is 0. The standard InChI is InChI=1S/C8H6N2O4S2/c11-7(12)4-16(13,14)6-3-1-2-5-8(6)10-15-9-5/h1-3H,4H2,(H,11,12)/p-1. The predicted molar refractivity (Wildman–Crippen MR) is 54.5 cm³/mol. The van der Waals surface area contributed by atoms with Crippen LogP contribution in [0, 0.1) is 0 Å². The van der Waals surface area contributed by atoms with Crippen LogP contribution in [0.25, 0.3) is 11.0 Å². The first kappa shape index (κ1) is 11.0. The normalized spacial score (nSPS) is 11.8. The van der Waals surface area contributed by atoms with Crippen molar-refractivity contribution < 1.29 is 18.3 Å². The van der Waals surface area contributed by atoms with Gasteiger partial charge in [-0.3, -0.25) is 0 Å². The van der Waals surface area contributed by atoms with E-state index in [2.05, 4.69) is 8.75 Å². The third kappa shape index (κ3) is 1.89. The number of aliphatic carboxylic acids is 1. The van der Waals surface area contributed by atoms with Crippen LogP contribution in [-0.4, -0.2) is 28.9 Å². The molecule has 2 aromatic rings. The zero-order valence-corrected chi connectivity index (χ0v) is 9.42. The van der Waals surface area contributed by atoms with E-state index < -0.39 is 21.6 Å². The maximum Gasteiger partial charge on any atom is 0.185 e. The third-order valence-corrected chi connectivity index (χ3v) is 4.05. The molecule has 2 rings (SSSR count). The van der Waals surface area contributed by atoms with Crippen LogP contribution in [0.15, 0.2) is 23.1 Å². The van der Waals surface area contributed by atoms with Gasteiger partial charge in [0.15, 0.2) is 9.84 Å². The van der Waals surface area contributed by atoms with Crippen molar-refractivity contribution >= 4 is 38.6 Å². The van der Waals surface area contributed by atoms with Crippen LogP contribution in [0.4, 0.5) is 0 Å². The Morgan fingerprint density at radius 3 is 2.81 bits per heavy atom. The van der Waals surface area contributed by atoms with Crippen molar-refractivity contribution in [3.05, 3.63) is 18.2 Å². The lowest BCUT2D eigenvalue weighted by Gasteiger charge is -2.04. The van der Waals surface area contributed by atoms with Gasteiger partial charge in [0.2, 0.25) is 0 Å². The van der Waals surface area contributed by atoms with Gasteiger partial charge in [-0.1, -0.05) is 6.07 Å². The maximum absolute atomic E-state index is 11.7. The Balaban J connectivity index is 2.63. The number of hydrogen-bond donors (Lipinski definition) is 0. The van der Waals surface area contributed by atoms with Gasteiger partial charge in [-0.2, -0.15) is 8.75 Å². The molecule has 84 valence electrons. The summed E-state index contributed by atoms with van der Waals surface area (Å²) in [5.41, 5.74) is 0.637. The fourth-order valence-electron chi connectivity index (χ4n) is 1.27. The summed E-state index contributed by atoms with van der Waals surface area (Å²) in [5.74, 6) is -2.69. The maximum atomic E-state index is 11.7. The molecule has 6 nitrogen and oxygen atoms in total. The molecule has 16 heavy (non-hydrogen) atoms. The van der Waals surface area contributed by atoms with E-state index in [9.17, 15) is 18.3 Å². The second kappa shape index (κ2) is 3.80. The predicted octanol–water partition coefficient (Wildman–Crippen LogP) is -0.785. The van der Waals surface area contributed by atoms with Crippen LogP contribution in [0.1, 0.15) is 0 Å². The zero-order valence-electron chi connectivity index (χ0n) is 7.78. The van der Waals surface area contributed by atoms with Crippen molar-refractivity contribution in [2.24, 2.45) is 0 Å². The van der Waals surface area contributed by atoms with Crippen molar-refractivity contribution in [2.75, 3.05) is 5.75 Å². The summed E-state index contributed by atoms with van der Waals surface area (Å²) in [6, 6.07) is 4.41. The second-order valence-electron chi connectivity index (χ2n) is 3.02. The Kier molecular flexibility index (Phi) is 2.60. The van der Waals surface area contributed by atoms with Crippen LogP contribution < -0.4 is 5.11 Å². The van der Waals surface area contributed by atoms with Gasteiger partial charge < -0.3 is 9.90 Å². The molecule has 0 radical (unpaired) electrons. The monoisotopic (exact) mass is 257 g/mol. The van der Waals surface area contributed by atoms with Gasteiger partial charge in [0.1, 0.15) is 11.0 Å². The largest absolute Gasteiger partial charge is 0.549 e. The molecule has 0 saturated heterocycles. The Morgan fingerprint density at radius 1 is 1.38 bits per heavy atom. The zero-order chi connectivity index (χ0) is 11.8. The first-order chi connectivity index (χ1) is 7.50. The highest BCUT2D eigenvalue weighted by Gasteiger charge is 2.19. The molecule has 0 fully saturated rings.